The standard InChI is InChI=1S/C11H17F3N4OS2/c1-6(2)4-15-8(19)7(3)20-10-18-17-9(21-10)16-5-11(12,13)14/h6-7H,4-5H2,1-3H3,(H,15,19)(H,16,17)/t7-/m1/s1. The van der Waals surface area contributed by atoms with E-state index in [1.165, 1.54) is 11.8 Å². The molecule has 0 aliphatic carbocycles. The third-order valence-corrected chi connectivity index (χ3v) is 4.24. The molecule has 1 aromatic rings. The van der Waals surface area contributed by atoms with Crippen molar-refractivity contribution in [3.05, 3.63) is 0 Å². The van der Waals surface area contributed by atoms with Crippen LogP contribution in [-0.2, 0) is 4.79 Å². The molecule has 0 fully saturated rings. The molecule has 0 unspecified atom stereocenters. The molecular formula is C11H17F3N4OS2. The van der Waals surface area contributed by atoms with Gasteiger partial charge >= 0.3 is 6.18 Å². The van der Waals surface area contributed by atoms with E-state index in [0.29, 0.717) is 16.8 Å². The Morgan fingerprint density at radius 2 is 2.00 bits per heavy atom. The average molecular weight is 342 g/mol. The maximum atomic E-state index is 12.0. The second-order valence-electron chi connectivity index (χ2n) is 4.74. The van der Waals surface area contributed by atoms with Crippen LogP contribution in [0.15, 0.2) is 4.34 Å². The Bertz CT molecular complexity index is 465. The van der Waals surface area contributed by atoms with Crippen molar-refractivity contribution >= 4 is 34.1 Å². The fourth-order valence-corrected chi connectivity index (χ4v) is 3.07. The summed E-state index contributed by atoms with van der Waals surface area (Å²) in [5.41, 5.74) is 0. The highest BCUT2D eigenvalue weighted by atomic mass is 32.2. The number of thioether (sulfide) groups is 1. The highest BCUT2D eigenvalue weighted by Gasteiger charge is 2.27. The van der Waals surface area contributed by atoms with Gasteiger partial charge in [-0.25, -0.2) is 0 Å². The van der Waals surface area contributed by atoms with Crippen LogP contribution >= 0.6 is 23.1 Å². The number of rotatable bonds is 7. The van der Waals surface area contributed by atoms with Gasteiger partial charge in [0.2, 0.25) is 11.0 Å². The Hall–Kier alpha value is -1.03. The van der Waals surface area contributed by atoms with Gasteiger partial charge in [-0.15, -0.1) is 10.2 Å². The van der Waals surface area contributed by atoms with Crippen molar-refractivity contribution in [2.24, 2.45) is 5.92 Å². The Morgan fingerprint density at radius 3 is 2.57 bits per heavy atom. The van der Waals surface area contributed by atoms with E-state index < -0.39 is 12.7 Å². The van der Waals surface area contributed by atoms with Gasteiger partial charge in [0.15, 0.2) is 4.34 Å². The van der Waals surface area contributed by atoms with Crippen LogP contribution in [0.25, 0.3) is 0 Å². The van der Waals surface area contributed by atoms with Gasteiger partial charge in [0, 0.05) is 6.54 Å². The molecule has 2 N–H and O–H groups in total. The second-order valence-corrected chi connectivity index (χ2v) is 7.31. The van der Waals surface area contributed by atoms with Crippen LogP contribution in [-0.4, -0.2) is 40.6 Å². The number of amides is 1. The molecule has 0 aliphatic rings. The summed E-state index contributed by atoms with van der Waals surface area (Å²) in [6.45, 7) is 5.11. The van der Waals surface area contributed by atoms with Gasteiger partial charge in [-0.2, -0.15) is 13.2 Å². The minimum atomic E-state index is -4.30. The molecule has 120 valence electrons. The molecule has 1 heterocycles. The van der Waals surface area contributed by atoms with Gasteiger partial charge in [-0.1, -0.05) is 36.9 Å². The van der Waals surface area contributed by atoms with E-state index in [1.807, 2.05) is 13.8 Å². The van der Waals surface area contributed by atoms with E-state index in [2.05, 4.69) is 20.8 Å². The molecule has 0 aliphatic heterocycles. The van der Waals surface area contributed by atoms with Crippen molar-refractivity contribution in [3.8, 4) is 0 Å². The second kappa shape index (κ2) is 7.83. The lowest BCUT2D eigenvalue weighted by Gasteiger charge is -2.11. The van der Waals surface area contributed by atoms with Crippen LogP contribution in [0.1, 0.15) is 20.8 Å². The van der Waals surface area contributed by atoms with E-state index in [-0.39, 0.29) is 16.3 Å². The summed E-state index contributed by atoms with van der Waals surface area (Å²) >= 11 is 2.16. The number of carbonyl (C=O) groups excluding carboxylic acids is 1. The van der Waals surface area contributed by atoms with Crippen LogP contribution in [0.3, 0.4) is 0 Å². The van der Waals surface area contributed by atoms with Gasteiger partial charge in [-0.05, 0) is 12.8 Å². The summed E-state index contributed by atoms with van der Waals surface area (Å²) in [6, 6.07) is 0. The highest BCUT2D eigenvalue weighted by Crippen LogP contribution is 2.29. The number of carbonyl (C=O) groups is 1. The van der Waals surface area contributed by atoms with E-state index in [9.17, 15) is 18.0 Å². The number of aromatic nitrogens is 2. The van der Waals surface area contributed by atoms with Gasteiger partial charge in [0.25, 0.3) is 0 Å². The topological polar surface area (TPSA) is 66.9 Å². The van der Waals surface area contributed by atoms with Crippen LogP contribution < -0.4 is 10.6 Å². The summed E-state index contributed by atoms with van der Waals surface area (Å²) in [5.74, 6) is 0.222. The molecule has 0 radical (unpaired) electrons. The van der Waals surface area contributed by atoms with Gasteiger partial charge < -0.3 is 10.6 Å². The maximum Gasteiger partial charge on any atom is 0.405 e. The molecule has 10 heteroatoms. The number of anilines is 1. The minimum Gasteiger partial charge on any atom is -0.355 e. The number of nitrogens with zero attached hydrogens (tertiary/aromatic N) is 2. The fourth-order valence-electron chi connectivity index (χ4n) is 1.16. The molecule has 1 rings (SSSR count). The summed E-state index contributed by atoms with van der Waals surface area (Å²) in [5, 5.41) is 12.0. The van der Waals surface area contributed by atoms with Crippen LogP contribution in [0.5, 0.6) is 0 Å². The molecule has 0 saturated heterocycles. The van der Waals surface area contributed by atoms with Gasteiger partial charge in [0.1, 0.15) is 6.54 Å². The Balaban J connectivity index is 2.44. The highest BCUT2D eigenvalue weighted by molar-refractivity contribution is 8.02. The van der Waals surface area contributed by atoms with E-state index in [1.54, 1.807) is 6.92 Å². The number of alkyl halides is 3. The zero-order valence-corrected chi connectivity index (χ0v) is 13.5. The van der Waals surface area contributed by atoms with Crippen molar-refractivity contribution in [2.75, 3.05) is 18.4 Å². The molecule has 0 aromatic carbocycles. The Kier molecular flexibility index (Phi) is 6.72. The van der Waals surface area contributed by atoms with E-state index in [4.69, 9.17) is 0 Å². The maximum absolute atomic E-state index is 12.0. The summed E-state index contributed by atoms with van der Waals surface area (Å²) < 4.78 is 36.6. The lowest BCUT2D eigenvalue weighted by Crippen LogP contribution is -2.33. The quantitative estimate of drug-likeness (QED) is 0.746. The number of nitrogens with one attached hydrogen (secondary N) is 2. The largest absolute Gasteiger partial charge is 0.405 e. The van der Waals surface area contributed by atoms with Crippen LogP contribution in [0, 0.1) is 5.92 Å². The first-order chi connectivity index (χ1) is 9.67. The molecule has 5 nitrogen and oxygen atoms in total. The molecule has 1 amide bonds. The number of hydrogen-bond donors (Lipinski definition) is 2. The Labute approximate surface area is 129 Å². The average Bonchev–Trinajstić information content (AvgIpc) is 2.80. The van der Waals surface area contributed by atoms with Crippen LogP contribution in [0.4, 0.5) is 18.3 Å². The first-order valence-electron chi connectivity index (χ1n) is 6.26. The fraction of sp³-hybridized carbons (Fsp3) is 0.727. The first-order valence-corrected chi connectivity index (χ1v) is 7.95. The molecule has 1 aromatic heterocycles. The number of hydrogen-bond acceptors (Lipinski definition) is 6. The van der Waals surface area contributed by atoms with Gasteiger partial charge in [0.05, 0.1) is 5.25 Å². The summed E-state index contributed by atoms with van der Waals surface area (Å²) in [7, 11) is 0. The first kappa shape index (κ1) is 18.0. The summed E-state index contributed by atoms with van der Waals surface area (Å²) in [4.78, 5) is 11.8. The smallest absolute Gasteiger partial charge is 0.355 e. The third-order valence-electron chi connectivity index (χ3n) is 2.18. The molecular weight excluding hydrogens is 325 g/mol. The minimum absolute atomic E-state index is 0.0876. The Morgan fingerprint density at radius 1 is 1.33 bits per heavy atom. The van der Waals surface area contributed by atoms with E-state index in [0.717, 1.165) is 11.3 Å². The van der Waals surface area contributed by atoms with Crippen molar-refractivity contribution < 1.29 is 18.0 Å². The van der Waals surface area contributed by atoms with Gasteiger partial charge in [-0.3, -0.25) is 4.79 Å². The van der Waals surface area contributed by atoms with E-state index >= 15 is 0 Å². The monoisotopic (exact) mass is 342 g/mol. The SMILES string of the molecule is CC(C)CNC(=O)[C@@H](C)Sc1nnc(NCC(F)(F)F)s1. The lowest BCUT2D eigenvalue weighted by atomic mass is 10.2. The zero-order chi connectivity index (χ0) is 16.0. The molecule has 0 bridgehead atoms. The lowest BCUT2D eigenvalue weighted by molar-refractivity contribution is -0.120. The third kappa shape index (κ3) is 7.51. The van der Waals surface area contributed by atoms with Crippen molar-refractivity contribution in [1.82, 2.24) is 15.5 Å². The van der Waals surface area contributed by atoms with Crippen LogP contribution in [0.2, 0.25) is 0 Å². The predicted molar refractivity (Wildman–Crippen MR) is 77.6 cm³/mol. The molecule has 21 heavy (non-hydrogen) atoms. The molecule has 0 saturated carbocycles. The molecule has 1 atom stereocenters. The predicted octanol–water partition coefficient (Wildman–Crippen LogP) is 2.77. The zero-order valence-electron chi connectivity index (χ0n) is 11.8. The van der Waals surface area contributed by atoms with Crippen molar-refractivity contribution in [1.29, 1.82) is 0 Å². The van der Waals surface area contributed by atoms with Crippen molar-refractivity contribution in [3.63, 3.8) is 0 Å². The normalized spacial score (nSPS) is 13.3. The molecule has 0 spiro atoms. The summed E-state index contributed by atoms with van der Waals surface area (Å²) in [6.07, 6.45) is -4.30. The van der Waals surface area contributed by atoms with Crippen molar-refractivity contribution in [2.45, 2.75) is 36.5 Å². The number of halogens is 3.